The second kappa shape index (κ2) is 5.40. The Morgan fingerprint density at radius 2 is 2.28 bits per heavy atom. The van der Waals surface area contributed by atoms with Gasteiger partial charge in [0.1, 0.15) is 5.75 Å². The van der Waals surface area contributed by atoms with Gasteiger partial charge in [-0.15, -0.1) is 0 Å². The summed E-state index contributed by atoms with van der Waals surface area (Å²) in [6, 6.07) is 6.89. The second-order valence-corrected chi connectivity index (χ2v) is 4.86. The van der Waals surface area contributed by atoms with Crippen LogP contribution in [0.5, 0.6) is 5.75 Å². The van der Waals surface area contributed by atoms with E-state index in [0.29, 0.717) is 13.0 Å². The number of rotatable bonds is 5. The van der Waals surface area contributed by atoms with Crippen LogP contribution in [0.3, 0.4) is 0 Å². The van der Waals surface area contributed by atoms with Gasteiger partial charge in [-0.3, -0.25) is 4.79 Å². The molecule has 4 nitrogen and oxygen atoms in total. The molecule has 1 saturated carbocycles. The highest BCUT2D eigenvalue weighted by Crippen LogP contribution is 2.37. The van der Waals surface area contributed by atoms with Gasteiger partial charge in [-0.05, 0) is 37.0 Å². The summed E-state index contributed by atoms with van der Waals surface area (Å²) in [5.74, 6) is 0.217. The number of carbonyl (C=O) groups is 1. The van der Waals surface area contributed by atoms with Crippen molar-refractivity contribution < 1.29 is 14.6 Å². The fourth-order valence-corrected chi connectivity index (χ4v) is 2.25. The highest BCUT2D eigenvalue weighted by molar-refractivity contribution is 5.77. The number of phenolic OH excluding ortho intramolecular Hbond substituents is 1. The van der Waals surface area contributed by atoms with Crippen LogP contribution in [0.1, 0.15) is 31.2 Å². The van der Waals surface area contributed by atoms with E-state index in [2.05, 4.69) is 5.32 Å². The molecule has 1 aromatic rings. The van der Waals surface area contributed by atoms with Crippen LogP contribution < -0.4 is 5.32 Å². The Kier molecular flexibility index (Phi) is 3.87. The van der Waals surface area contributed by atoms with Crippen LogP contribution in [0.25, 0.3) is 0 Å². The fourth-order valence-electron chi connectivity index (χ4n) is 2.25. The molecule has 1 aliphatic carbocycles. The smallest absolute Gasteiger partial charge is 0.223 e. The van der Waals surface area contributed by atoms with Crippen LogP contribution in [-0.2, 0) is 16.1 Å². The minimum Gasteiger partial charge on any atom is -0.508 e. The van der Waals surface area contributed by atoms with E-state index < -0.39 is 0 Å². The minimum absolute atomic E-state index is 0.0000992. The van der Waals surface area contributed by atoms with Gasteiger partial charge < -0.3 is 15.2 Å². The Balaban J connectivity index is 1.81. The molecule has 2 N–H and O–H groups in total. The summed E-state index contributed by atoms with van der Waals surface area (Å²) in [6.45, 7) is 0.438. The molecule has 0 spiro atoms. The summed E-state index contributed by atoms with van der Waals surface area (Å²) in [5, 5.41) is 12.2. The highest BCUT2D eigenvalue weighted by atomic mass is 16.5. The summed E-state index contributed by atoms with van der Waals surface area (Å²) >= 11 is 0. The number of hydrogen-bond donors (Lipinski definition) is 2. The largest absolute Gasteiger partial charge is 0.508 e. The maximum absolute atomic E-state index is 11.8. The van der Waals surface area contributed by atoms with Crippen LogP contribution in [0.2, 0.25) is 0 Å². The van der Waals surface area contributed by atoms with Crippen molar-refractivity contribution in [2.24, 2.45) is 0 Å². The first kappa shape index (κ1) is 12.9. The molecular formula is C14H19NO3. The summed E-state index contributed by atoms with van der Waals surface area (Å²) in [7, 11) is 1.67. The number of ether oxygens (including phenoxy) is 1. The molecule has 0 aliphatic heterocycles. The van der Waals surface area contributed by atoms with E-state index in [1.165, 1.54) is 0 Å². The van der Waals surface area contributed by atoms with Gasteiger partial charge >= 0.3 is 0 Å². The molecule has 1 fully saturated rings. The number of carbonyl (C=O) groups excluding carboxylic acids is 1. The standard InChI is InChI=1S/C14H19NO3/c1-18-14(6-3-7-14)9-13(17)15-10-11-4-2-5-12(16)8-11/h2,4-5,8,16H,3,6-7,9-10H2,1H3,(H,15,17). The van der Waals surface area contributed by atoms with E-state index >= 15 is 0 Å². The van der Waals surface area contributed by atoms with Crippen molar-refractivity contribution >= 4 is 5.91 Å². The second-order valence-electron chi connectivity index (χ2n) is 4.86. The summed E-state index contributed by atoms with van der Waals surface area (Å²) < 4.78 is 5.41. The average molecular weight is 249 g/mol. The first-order valence-electron chi connectivity index (χ1n) is 6.23. The van der Waals surface area contributed by atoms with Crippen LogP contribution >= 0.6 is 0 Å². The number of nitrogens with one attached hydrogen (secondary N) is 1. The van der Waals surface area contributed by atoms with E-state index in [-0.39, 0.29) is 17.3 Å². The number of phenols is 1. The molecule has 0 bridgehead atoms. The lowest BCUT2D eigenvalue weighted by molar-refractivity contribution is -0.134. The molecule has 1 amide bonds. The Morgan fingerprint density at radius 1 is 1.50 bits per heavy atom. The summed E-state index contributed by atoms with van der Waals surface area (Å²) in [4.78, 5) is 11.8. The van der Waals surface area contributed by atoms with Crippen LogP contribution in [0.4, 0.5) is 0 Å². The summed E-state index contributed by atoms with van der Waals surface area (Å²) in [6.07, 6.45) is 3.47. The third-order valence-electron chi connectivity index (χ3n) is 3.58. The number of methoxy groups -OCH3 is 1. The number of amides is 1. The van der Waals surface area contributed by atoms with E-state index in [1.807, 2.05) is 6.07 Å². The zero-order chi connectivity index (χ0) is 13.0. The van der Waals surface area contributed by atoms with Crippen LogP contribution in [-0.4, -0.2) is 23.7 Å². The summed E-state index contributed by atoms with van der Waals surface area (Å²) in [5.41, 5.74) is 0.659. The Hall–Kier alpha value is -1.55. The molecule has 18 heavy (non-hydrogen) atoms. The quantitative estimate of drug-likeness (QED) is 0.838. The lowest BCUT2D eigenvalue weighted by Crippen LogP contribution is -2.43. The molecule has 0 atom stereocenters. The molecule has 2 rings (SSSR count). The highest BCUT2D eigenvalue weighted by Gasteiger charge is 2.38. The molecule has 1 aromatic carbocycles. The molecule has 4 heteroatoms. The Bertz CT molecular complexity index is 421. The van der Waals surface area contributed by atoms with Crippen molar-refractivity contribution in [2.45, 2.75) is 37.8 Å². The van der Waals surface area contributed by atoms with Crippen molar-refractivity contribution in [1.82, 2.24) is 5.32 Å². The minimum atomic E-state index is -0.233. The van der Waals surface area contributed by atoms with Gasteiger partial charge in [0, 0.05) is 13.7 Å². The Labute approximate surface area is 107 Å². The third kappa shape index (κ3) is 3.01. The van der Waals surface area contributed by atoms with Gasteiger partial charge in [-0.25, -0.2) is 0 Å². The van der Waals surface area contributed by atoms with E-state index in [9.17, 15) is 9.90 Å². The maximum atomic E-state index is 11.8. The van der Waals surface area contributed by atoms with Crippen molar-refractivity contribution in [3.05, 3.63) is 29.8 Å². The normalized spacial score (nSPS) is 16.9. The van der Waals surface area contributed by atoms with Crippen LogP contribution in [0, 0.1) is 0 Å². The lowest BCUT2D eigenvalue weighted by atomic mass is 9.77. The van der Waals surface area contributed by atoms with Gasteiger partial charge in [0.25, 0.3) is 0 Å². The number of hydrogen-bond acceptors (Lipinski definition) is 3. The number of benzene rings is 1. The van der Waals surface area contributed by atoms with Crippen molar-refractivity contribution in [3.63, 3.8) is 0 Å². The predicted molar refractivity (Wildman–Crippen MR) is 68.2 cm³/mol. The topological polar surface area (TPSA) is 58.6 Å². The van der Waals surface area contributed by atoms with Gasteiger partial charge in [-0.1, -0.05) is 12.1 Å². The fraction of sp³-hybridized carbons (Fsp3) is 0.500. The zero-order valence-corrected chi connectivity index (χ0v) is 10.6. The first-order chi connectivity index (χ1) is 8.63. The monoisotopic (exact) mass is 249 g/mol. The van der Waals surface area contributed by atoms with E-state index in [0.717, 1.165) is 24.8 Å². The zero-order valence-electron chi connectivity index (χ0n) is 10.6. The molecule has 0 unspecified atom stereocenters. The molecule has 0 heterocycles. The van der Waals surface area contributed by atoms with Crippen molar-refractivity contribution in [3.8, 4) is 5.75 Å². The first-order valence-corrected chi connectivity index (χ1v) is 6.23. The van der Waals surface area contributed by atoms with E-state index in [4.69, 9.17) is 4.74 Å². The molecule has 0 aromatic heterocycles. The molecule has 0 radical (unpaired) electrons. The third-order valence-corrected chi connectivity index (χ3v) is 3.58. The molecule has 0 saturated heterocycles. The Morgan fingerprint density at radius 3 is 2.83 bits per heavy atom. The van der Waals surface area contributed by atoms with Gasteiger partial charge in [0.2, 0.25) is 5.91 Å². The van der Waals surface area contributed by atoms with Crippen molar-refractivity contribution in [2.75, 3.05) is 7.11 Å². The van der Waals surface area contributed by atoms with E-state index in [1.54, 1.807) is 25.3 Å². The average Bonchev–Trinajstić information content (AvgIpc) is 2.31. The number of aromatic hydroxyl groups is 1. The van der Waals surface area contributed by atoms with Crippen molar-refractivity contribution in [1.29, 1.82) is 0 Å². The SMILES string of the molecule is COC1(CC(=O)NCc2cccc(O)c2)CCC1. The van der Waals surface area contributed by atoms with Gasteiger partial charge in [0.15, 0.2) is 0 Å². The lowest BCUT2D eigenvalue weighted by Gasteiger charge is -2.39. The molecule has 98 valence electrons. The maximum Gasteiger partial charge on any atom is 0.223 e. The molecular weight excluding hydrogens is 230 g/mol. The van der Waals surface area contributed by atoms with Gasteiger partial charge in [-0.2, -0.15) is 0 Å². The predicted octanol–water partition coefficient (Wildman–Crippen LogP) is 1.97. The van der Waals surface area contributed by atoms with Gasteiger partial charge in [0.05, 0.1) is 12.0 Å². The molecule has 1 aliphatic rings. The van der Waals surface area contributed by atoms with Crippen LogP contribution in [0.15, 0.2) is 24.3 Å².